The van der Waals surface area contributed by atoms with Gasteiger partial charge in [-0.2, -0.15) is 0 Å². The third kappa shape index (κ3) is 2.90. The van der Waals surface area contributed by atoms with Crippen LogP contribution in [0, 0.1) is 0 Å². The van der Waals surface area contributed by atoms with Gasteiger partial charge in [-0.1, -0.05) is 26.8 Å². The molecule has 0 bridgehead atoms. The molecule has 2 rings (SSSR count). The van der Waals surface area contributed by atoms with Crippen LogP contribution in [-0.4, -0.2) is 17.7 Å². The first kappa shape index (κ1) is 14.3. The van der Waals surface area contributed by atoms with Gasteiger partial charge in [0.2, 0.25) is 0 Å². The van der Waals surface area contributed by atoms with Crippen molar-refractivity contribution in [2.75, 3.05) is 0 Å². The second-order valence-electron chi connectivity index (χ2n) is 6.68. The zero-order valence-corrected chi connectivity index (χ0v) is 13.8. The van der Waals surface area contributed by atoms with Crippen LogP contribution in [0.2, 0.25) is 18.1 Å². The molecule has 1 atom stereocenters. The van der Waals surface area contributed by atoms with Crippen LogP contribution in [0.3, 0.4) is 0 Å². The maximum absolute atomic E-state index is 6.42. The zero-order valence-electron chi connectivity index (χ0n) is 12.8. The van der Waals surface area contributed by atoms with Crippen LogP contribution < -0.4 is 0 Å². The van der Waals surface area contributed by atoms with Gasteiger partial charge in [-0.3, -0.25) is 0 Å². The predicted octanol–water partition coefficient (Wildman–Crippen LogP) is 4.42. The number of aromatic nitrogens is 2. The van der Waals surface area contributed by atoms with Gasteiger partial charge >= 0.3 is 0 Å². The second kappa shape index (κ2) is 4.76. The van der Waals surface area contributed by atoms with Crippen LogP contribution in [0.4, 0.5) is 0 Å². The molecule has 0 saturated carbocycles. The molecular formula is C15H24N2OSi. The van der Waals surface area contributed by atoms with E-state index in [0.717, 1.165) is 5.65 Å². The Morgan fingerprint density at radius 3 is 2.58 bits per heavy atom. The topological polar surface area (TPSA) is 26.5 Å². The molecule has 1 unspecified atom stereocenters. The van der Waals surface area contributed by atoms with Crippen molar-refractivity contribution in [1.82, 2.24) is 9.38 Å². The van der Waals surface area contributed by atoms with Gasteiger partial charge in [0.1, 0.15) is 5.65 Å². The Balaban J connectivity index is 2.22. The smallest absolute Gasteiger partial charge is 0.192 e. The third-order valence-electron chi connectivity index (χ3n) is 4.16. The van der Waals surface area contributed by atoms with E-state index in [9.17, 15) is 0 Å². The fourth-order valence-electron chi connectivity index (χ4n) is 1.86. The van der Waals surface area contributed by atoms with Crippen LogP contribution in [0.5, 0.6) is 0 Å². The summed E-state index contributed by atoms with van der Waals surface area (Å²) >= 11 is 0. The SMILES string of the molecule is CC(O[Si](C)(C)C(C)(C)C)c1ccc2nccn2c1. The molecule has 0 aliphatic heterocycles. The van der Waals surface area contributed by atoms with Crippen molar-refractivity contribution >= 4 is 14.0 Å². The van der Waals surface area contributed by atoms with Crippen molar-refractivity contribution < 1.29 is 4.43 Å². The number of nitrogens with zero attached hydrogens (tertiary/aromatic N) is 2. The van der Waals surface area contributed by atoms with Crippen molar-refractivity contribution in [2.24, 2.45) is 0 Å². The highest BCUT2D eigenvalue weighted by Crippen LogP contribution is 2.39. The lowest BCUT2D eigenvalue weighted by atomic mass is 10.2. The number of imidazole rings is 1. The summed E-state index contributed by atoms with van der Waals surface area (Å²) in [6, 6.07) is 4.15. The first-order chi connectivity index (χ1) is 8.71. The van der Waals surface area contributed by atoms with Gasteiger partial charge in [0.15, 0.2) is 8.32 Å². The third-order valence-corrected chi connectivity index (χ3v) is 8.71. The van der Waals surface area contributed by atoms with E-state index in [4.69, 9.17) is 4.43 Å². The molecule has 2 heterocycles. The molecule has 0 fully saturated rings. The largest absolute Gasteiger partial charge is 0.410 e. The molecule has 0 amide bonds. The lowest BCUT2D eigenvalue weighted by Crippen LogP contribution is -2.41. The molecule has 0 saturated heterocycles. The van der Waals surface area contributed by atoms with E-state index in [1.54, 1.807) is 0 Å². The van der Waals surface area contributed by atoms with Crippen molar-refractivity contribution in [1.29, 1.82) is 0 Å². The Morgan fingerprint density at radius 2 is 1.95 bits per heavy atom. The second-order valence-corrected chi connectivity index (χ2v) is 11.4. The molecule has 0 aliphatic rings. The van der Waals surface area contributed by atoms with E-state index in [1.165, 1.54) is 5.56 Å². The highest BCUT2D eigenvalue weighted by Gasteiger charge is 2.38. The molecule has 0 N–H and O–H groups in total. The van der Waals surface area contributed by atoms with E-state index in [1.807, 2.05) is 22.9 Å². The Kier molecular flexibility index (Phi) is 3.58. The van der Waals surface area contributed by atoms with Crippen LogP contribution in [0.25, 0.3) is 5.65 Å². The number of pyridine rings is 1. The van der Waals surface area contributed by atoms with Crippen molar-refractivity contribution in [2.45, 2.75) is 51.9 Å². The normalized spacial score (nSPS) is 14.8. The van der Waals surface area contributed by atoms with E-state index >= 15 is 0 Å². The Morgan fingerprint density at radius 1 is 1.26 bits per heavy atom. The summed E-state index contributed by atoms with van der Waals surface area (Å²) in [4.78, 5) is 4.26. The van der Waals surface area contributed by atoms with Crippen LogP contribution in [0.1, 0.15) is 39.4 Å². The number of hydrogen-bond acceptors (Lipinski definition) is 2. The lowest BCUT2D eigenvalue weighted by Gasteiger charge is -2.38. The van der Waals surface area contributed by atoms with Gasteiger partial charge in [0, 0.05) is 18.6 Å². The minimum atomic E-state index is -1.73. The Hall–Kier alpha value is -1.13. The standard InChI is InChI=1S/C15H24N2OSi/c1-12(18-19(5,6)15(2,3)4)13-7-8-14-16-9-10-17(14)11-13/h7-12H,1-6H3. The highest BCUT2D eigenvalue weighted by atomic mass is 28.4. The van der Waals surface area contributed by atoms with E-state index in [2.05, 4.69) is 58.0 Å². The summed E-state index contributed by atoms with van der Waals surface area (Å²) in [6.45, 7) is 13.5. The summed E-state index contributed by atoms with van der Waals surface area (Å²) in [5.41, 5.74) is 2.18. The summed E-state index contributed by atoms with van der Waals surface area (Å²) in [7, 11) is -1.73. The van der Waals surface area contributed by atoms with Crippen LogP contribution in [0.15, 0.2) is 30.7 Å². The molecule has 0 spiro atoms. The molecule has 0 aromatic carbocycles. The van der Waals surface area contributed by atoms with Gasteiger partial charge in [0.25, 0.3) is 0 Å². The summed E-state index contributed by atoms with van der Waals surface area (Å²) < 4.78 is 8.46. The molecule has 4 heteroatoms. The van der Waals surface area contributed by atoms with Crippen LogP contribution in [-0.2, 0) is 4.43 Å². The van der Waals surface area contributed by atoms with Gasteiger partial charge in [-0.25, -0.2) is 4.98 Å². The van der Waals surface area contributed by atoms with E-state index < -0.39 is 8.32 Å². The number of hydrogen-bond donors (Lipinski definition) is 0. The van der Waals surface area contributed by atoms with Crippen molar-refractivity contribution in [3.05, 3.63) is 36.3 Å². The monoisotopic (exact) mass is 276 g/mol. The average Bonchev–Trinajstić information content (AvgIpc) is 2.73. The average molecular weight is 276 g/mol. The summed E-state index contributed by atoms with van der Waals surface area (Å²) in [5.74, 6) is 0. The van der Waals surface area contributed by atoms with E-state index in [0.29, 0.717) is 0 Å². The quantitative estimate of drug-likeness (QED) is 0.776. The molecule has 0 aliphatic carbocycles. The predicted molar refractivity (Wildman–Crippen MR) is 81.9 cm³/mol. The minimum absolute atomic E-state index is 0.118. The first-order valence-corrected chi connectivity index (χ1v) is 9.72. The molecule has 2 aromatic heterocycles. The van der Waals surface area contributed by atoms with Gasteiger partial charge in [-0.15, -0.1) is 0 Å². The number of rotatable bonds is 3. The maximum Gasteiger partial charge on any atom is 0.192 e. The minimum Gasteiger partial charge on any atom is -0.410 e. The molecule has 19 heavy (non-hydrogen) atoms. The molecule has 104 valence electrons. The maximum atomic E-state index is 6.42. The summed E-state index contributed by atoms with van der Waals surface area (Å²) in [6.07, 6.45) is 6.02. The van der Waals surface area contributed by atoms with Crippen molar-refractivity contribution in [3.8, 4) is 0 Å². The Bertz CT molecular complexity index is 569. The molecular weight excluding hydrogens is 252 g/mol. The Labute approximate surface area is 116 Å². The van der Waals surface area contributed by atoms with Gasteiger partial charge < -0.3 is 8.83 Å². The molecule has 2 aromatic rings. The first-order valence-electron chi connectivity index (χ1n) is 6.81. The zero-order chi connectivity index (χ0) is 14.3. The fraction of sp³-hybridized carbons (Fsp3) is 0.533. The van der Waals surface area contributed by atoms with Gasteiger partial charge in [-0.05, 0) is 36.7 Å². The van der Waals surface area contributed by atoms with Gasteiger partial charge in [0.05, 0.1) is 6.10 Å². The molecule has 0 radical (unpaired) electrons. The van der Waals surface area contributed by atoms with Crippen LogP contribution >= 0.6 is 0 Å². The van der Waals surface area contributed by atoms with E-state index in [-0.39, 0.29) is 11.1 Å². The molecule has 3 nitrogen and oxygen atoms in total. The fourth-order valence-corrected chi connectivity index (χ4v) is 3.24. The number of fused-ring (bicyclic) bond motifs is 1. The summed E-state index contributed by atoms with van der Waals surface area (Å²) in [5, 5.41) is 0.236. The van der Waals surface area contributed by atoms with Crippen molar-refractivity contribution in [3.63, 3.8) is 0 Å². The highest BCUT2D eigenvalue weighted by molar-refractivity contribution is 6.74. The lowest BCUT2D eigenvalue weighted by molar-refractivity contribution is 0.202.